The lowest BCUT2D eigenvalue weighted by molar-refractivity contribution is -0.116. The lowest BCUT2D eigenvalue weighted by atomic mass is 10.2. The average Bonchev–Trinajstić information content (AvgIpc) is 3.21. The van der Waals surface area contributed by atoms with Gasteiger partial charge >= 0.3 is 0 Å². The highest BCUT2D eigenvalue weighted by molar-refractivity contribution is 5.91. The Balaban J connectivity index is 1.59. The van der Waals surface area contributed by atoms with Crippen LogP contribution >= 0.6 is 0 Å². The van der Waals surface area contributed by atoms with E-state index < -0.39 is 0 Å². The maximum absolute atomic E-state index is 12.1. The molecule has 1 N–H and O–H groups in total. The SMILES string of the molecule is CCOc1ccc(/C=C/C(=O)NCc2cccnc2-n2cncn2)cc1. The summed E-state index contributed by atoms with van der Waals surface area (Å²) in [6, 6.07) is 11.3. The molecule has 0 atom stereocenters. The molecule has 0 aliphatic rings. The monoisotopic (exact) mass is 349 g/mol. The molecule has 1 amide bonds. The van der Waals surface area contributed by atoms with Gasteiger partial charge in [-0.05, 0) is 36.8 Å². The lowest BCUT2D eigenvalue weighted by Crippen LogP contribution is -2.21. The van der Waals surface area contributed by atoms with Gasteiger partial charge in [-0.15, -0.1) is 0 Å². The van der Waals surface area contributed by atoms with Crippen LogP contribution in [-0.2, 0) is 11.3 Å². The van der Waals surface area contributed by atoms with Gasteiger partial charge in [-0.3, -0.25) is 4.79 Å². The number of nitrogens with zero attached hydrogens (tertiary/aromatic N) is 4. The van der Waals surface area contributed by atoms with Crippen molar-refractivity contribution in [3.63, 3.8) is 0 Å². The smallest absolute Gasteiger partial charge is 0.244 e. The van der Waals surface area contributed by atoms with E-state index in [0.29, 0.717) is 19.0 Å². The average molecular weight is 349 g/mol. The van der Waals surface area contributed by atoms with Gasteiger partial charge in [-0.25, -0.2) is 14.6 Å². The minimum Gasteiger partial charge on any atom is -0.494 e. The van der Waals surface area contributed by atoms with Gasteiger partial charge in [0.05, 0.1) is 6.61 Å². The normalized spacial score (nSPS) is 10.8. The maximum Gasteiger partial charge on any atom is 0.244 e. The Labute approximate surface area is 151 Å². The van der Waals surface area contributed by atoms with Crippen LogP contribution in [0.3, 0.4) is 0 Å². The maximum atomic E-state index is 12.1. The number of rotatable bonds is 7. The molecule has 0 aliphatic heterocycles. The fourth-order valence-corrected chi connectivity index (χ4v) is 2.35. The molecular weight excluding hydrogens is 330 g/mol. The van der Waals surface area contributed by atoms with Gasteiger partial charge < -0.3 is 10.1 Å². The fourth-order valence-electron chi connectivity index (χ4n) is 2.35. The van der Waals surface area contributed by atoms with Crippen LogP contribution in [0.25, 0.3) is 11.9 Å². The third-order valence-electron chi connectivity index (χ3n) is 3.57. The Morgan fingerprint density at radius 3 is 2.85 bits per heavy atom. The number of carbonyl (C=O) groups is 1. The summed E-state index contributed by atoms with van der Waals surface area (Å²) < 4.78 is 6.96. The van der Waals surface area contributed by atoms with Gasteiger partial charge in [-0.1, -0.05) is 18.2 Å². The third kappa shape index (κ3) is 4.54. The molecule has 0 saturated carbocycles. The molecule has 0 saturated heterocycles. The molecule has 0 spiro atoms. The molecule has 7 nitrogen and oxygen atoms in total. The van der Waals surface area contributed by atoms with Crippen LogP contribution in [0.2, 0.25) is 0 Å². The van der Waals surface area contributed by atoms with Gasteiger partial charge in [0, 0.05) is 24.4 Å². The number of ether oxygens (including phenoxy) is 1. The number of aromatic nitrogens is 4. The number of benzene rings is 1. The van der Waals surface area contributed by atoms with Crippen LogP contribution in [0.15, 0.2) is 61.3 Å². The standard InChI is InChI=1S/C19H19N5O2/c1-2-26-17-8-5-15(6-9-17)7-10-18(25)22-12-16-4-3-11-21-19(16)24-14-20-13-23-24/h3-11,13-14H,2,12H2,1H3,(H,22,25)/b10-7+. The predicted octanol–water partition coefficient (Wildman–Crippen LogP) is 2.39. The first kappa shape index (κ1) is 17.3. The van der Waals surface area contributed by atoms with E-state index in [0.717, 1.165) is 16.9 Å². The summed E-state index contributed by atoms with van der Waals surface area (Å²) >= 11 is 0. The summed E-state index contributed by atoms with van der Waals surface area (Å²) in [4.78, 5) is 20.3. The number of carbonyl (C=O) groups excluding carboxylic acids is 1. The molecule has 0 aliphatic carbocycles. The molecule has 0 radical (unpaired) electrons. The van der Waals surface area contributed by atoms with Crippen molar-refractivity contribution < 1.29 is 9.53 Å². The van der Waals surface area contributed by atoms with Crippen LogP contribution in [0.4, 0.5) is 0 Å². The van der Waals surface area contributed by atoms with Gasteiger partial charge in [0.25, 0.3) is 0 Å². The predicted molar refractivity (Wildman–Crippen MR) is 97.6 cm³/mol. The molecule has 0 fully saturated rings. The Hall–Kier alpha value is -3.48. The highest BCUT2D eigenvalue weighted by atomic mass is 16.5. The lowest BCUT2D eigenvalue weighted by Gasteiger charge is -2.08. The van der Waals surface area contributed by atoms with E-state index in [1.54, 1.807) is 23.3 Å². The summed E-state index contributed by atoms with van der Waals surface area (Å²) in [6.07, 6.45) is 7.94. The summed E-state index contributed by atoms with van der Waals surface area (Å²) in [6.45, 7) is 2.91. The first-order chi connectivity index (χ1) is 12.8. The number of amides is 1. The number of hydrogen-bond donors (Lipinski definition) is 1. The first-order valence-corrected chi connectivity index (χ1v) is 8.24. The van der Waals surface area contributed by atoms with Crippen molar-refractivity contribution >= 4 is 12.0 Å². The van der Waals surface area contributed by atoms with E-state index in [1.807, 2.05) is 43.3 Å². The van der Waals surface area contributed by atoms with Gasteiger partial charge in [0.1, 0.15) is 18.4 Å². The zero-order valence-corrected chi connectivity index (χ0v) is 14.4. The molecule has 7 heteroatoms. The summed E-state index contributed by atoms with van der Waals surface area (Å²) in [5, 5.41) is 6.93. The number of hydrogen-bond acceptors (Lipinski definition) is 5. The molecule has 1 aromatic carbocycles. The van der Waals surface area contributed by atoms with Crippen molar-refractivity contribution in [2.45, 2.75) is 13.5 Å². The molecule has 26 heavy (non-hydrogen) atoms. The second-order valence-electron chi connectivity index (χ2n) is 5.38. The third-order valence-corrected chi connectivity index (χ3v) is 3.57. The van der Waals surface area contributed by atoms with Crippen LogP contribution < -0.4 is 10.1 Å². The minimum atomic E-state index is -0.188. The second kappa shape index (κ2) is 8.57. The van der Waals surface area contributed by atoms with Crippen molar-refractivity contribution in [1.29, 1.82) is 0 Å². The zero-order valence-electron chi connectivity index (χ0n) is 14.4. The fraction of sp³-hybridized carbons (Fsp3) is 0.158. The van der Waals surface area contributed by atoms with Crippen molar-refractivity contribution in [2.75, 3.05) is 6.61 Å². The Kier molecular flexibility index (Phi) is 5.72. The molecule has 3 rings (SSSR count). The van der Waals surface area contributed by atoms with Crippen molar-refractivity contribution in [3.8, 4) is 11.6 Å². The van der Waals surface area contributed by atoms with Crippen LogP contribution in [0.5, 0.6) is 5.75 Å². The molecule has 2 aromatic heterocycles. The van der Waals surface area contributed by atoms with E-state index in [4.69, 9.17) is 4.74 Å². The van der Waals surface area contributed by atoms with E-state index >= 15 is 0 Å². The topological polar surface area (TPSA) is 81.9 Å². The molecule has 0 unspecified atom stereocenters. The highest BCUT2D eigenvalue weighted by Crippen LogP contribution is 2.13. The Bertz CT molecular complexity index is 873. The quantitative estimate of drug-likeness (QED) is 0.662. The Morgan fingerprint density at radius 1 is 1.27 bits per heavy atom. The largest absolute Gasteiger partial charge is 0.494 e. The second-order valence-corrected chi connectivity index (χ2v) is 5.38. The minimum absolute atomic E-state index is 0.188. The van der Waals surface area contributed by atoms with E-state index in [9.17, 15) is 4.79 Å². The van der Waals surface area contributed by atoms with Crippen LogP contribution in [-0.4, -0.2) is 32.3 Å². The van der Waals surface area contributed by atoms with E-state index in [-0.39, 0.29) is 5.91 Å². The summed E-state index contributed by atoms with van der Waals surface area (Å²) in [7, 11) is 0. The van der Waals surface area contributed by atoms with Gasteiger partial charge in [-0.2, -0.15) is 5.10 Å². The molecule has 132 valence electrons. The molecular formula is C19H19N5O2. The Morgan fingerprint density at radius 2 is 2.12 bits per heavy atom. The zero-order chi connectivity index (χ0) is 18.2. The first-order valence-electron chi connectivity index (χ1n) is 8.24. The van der Waals surface area contributed by atoms with Crippen LogP contribution in [0, 0.1) is 0 Å². The van der Waals surface area contributed by atoms with Gasteiger partial charge in [0.2, 0.25) is 5.91 Å². The summed E-state index contributed by atoms with van der Waals surface area (Å²) in [5.41, 5.74) is 1.77. The van der Waals surface area contributed by atoms with Gasteiger partial charge in [0.15, 0.2) is 5.82 Å². The van der Waals surface area contributed by atoms with Crippen LogP contribution in [0.1, 0.15) is 18.1 Å². The molecule has 0 bridgehead atoms. The van der Waals surface area contributed by atoms with Crippen molar-refractivity contribution in [3.05, 3.63) is 72.5 Å². The molecule has 2 heterocycles. The van der Waals surface area contributed by atoms with E-state index in [1.165, 1.54) is 12.4 Å². The molecule has 3 aromatic rings. The number of pyridine rings is 1. The van der Waals surface area contributed by atoms with E-state index in [2.05, 4.69) is 20.4 Å². The van der Waals surface area contributed by atoms with Crippen molar-refractivity contribution in [1.82, 2.24) is 25.1 Å². The summed E-state index contributed by atoms with van der Waals surface area (Å²) in [5.74, 6) is 1.26. The van der Waals surface area contributed by atoms with Crippen molar-refractivity contribution in [2.24, 2.45) is 0 Å². The number of nitrogens with one attached hydrogen (secondary N) is 1. The highest BCUT2D eigenvalue weighted by Gasteiger charge is 2.07.